The molecule has 0 aliphatic heterocycles. The predicted molar refractivity (Wildman–Crippen MR) is 151 cm³/mol. The summed E-state index contributed by atoms with van der Waals surface area (Å²) in [5.74, 6) is -8.27. The Morgan fingerprint density at radius 2 is 1.53 bits per heavy atom. The van der Waals surface area contributed by atoms with Gasteiger partial charge in [0.15, 0.2) is 0 Å². The van der Waals surface area contributed by atoms with Crippen molar-refractivity contribution in [1.29, 1.82) is 0 Å². The molecule has 2 atom stereocenters. The second kappa shape index (κ2) is 12.3. The fourth-order valence-corrected chi connectivity index (χ4v) is 5.53. The van der Waals surface area contributed by atoms with E-state index in [0.717, 1.165) is 25.1 Å². The fraction of sp³-hybridized carbons (Fsp3) is 0.250. The number of benzene rings is 3. The zero-order chi connectivity index (χ0) is 33.6. The summed E-state index contributed by atoms with van der Waals surface area (Å²) >= 11 is 18.6. The Kier molecular flexibility index (Phi) is 9.36. The standard InChI is InChI=1S/C28H18Cl3F8N3O3/c1-11-14(4-7-18(23(11)33)41-20(43)10-26(34,35)36)24(44)42-19-9-13(3-5-16(19)29)40-25(45)22-21(27(22,30)31)12-2-6-17(32)15(8-12)28(37,38)39/h2-9,21-22H,10H2,1H3,(H,40,45)(H,41,43)(H,42,44)/t21-,22+/m0/s1. The third-order valence-corrected chi connectivity index (χ3v) is 8.01. The topological polar surface area (TPSA) is 87.3 Å². The number of hydrogen-bond acceptors (Lipinski definition) is 3. The van der Waals surface area contributed by atoms with Crippen LogP contribution < -0.4 is 16.0 Å². The summed E-state index contributed by atoms with van der Waals surface area (Å²) in [6.07, 6.45) is -11.7. The van der Waals surface area contributed by atoms with Gasteiger partial charge >= 0.3 is 12.4 Å². The molecule has 6 nitrogen and oxygen atoms in total. The molecule has 45 heavy (non-hydrogen) atoms. The number of alkyl halides is 8. The highest BCUT2D eigenvalue weighted by atomic mass is 35.5. The Morgan fingerprint density at radius 3 is 2.16 bits per heavy atom. The minimum atomic E-state index is -5.00. The average molecular weight is 703 g/mol. The summed E-state index contributed by atoms with van der Waals surface area (Å²) < 4.78 is 104. The Hall–Kier alpha value is -3.62. The lowest BCUT2D eigenvalue weighted by atomic mass is 10.0. The lowest BCUT2D eigenvalue weighted by Crippen LogP contribution is -2.22. The maximum absolute atomic E-state index is 14.8. The van der Waals surface area contributed by atoms with Crippen LogP contribution in [-0.2, 0) is 15.8 Å². The molecule has 0 spiro atoms. The van der Waals surface area contributed by atoms with Crippen molar-refractivity contribution in [3.05, 3.63) is 87.4 Å². The van der Waals surface area contributed by atoms with E-state index in [0.29, 0.717) is 12.1 Å². The van der Waals surface area contributed by atoms with Crippen molar-refractivity contribution in [2.45, 2.75) is 35.9 Å². The zero-order valence-electron chi connectivity index (χ0n) is 22.4. The van der Waals surface area contributed by atoms with Crippen LogP contribution in [0.4, 0.5) is 52.2 Å². The molecule has 3 aromatic carbocycles. The molecule has 1 fully saturated rings. The van der Waals surface area contributed by atoms with Crippen molar-refractivity contribution in [2.24, 2.45) is 5.92 Å². The maximum atomic E-state index is 14.8. The fourth-order valence-electron chi connectivity index (χ4n) is 4.53. The summed E-state index contributed by atoms with van der Waals surface area (Å²) in [6, 6.07) is 7.91. The van der Waals surface area contributed by atoms with Crippen molar-refractivity contribution < 1.29 is 49.5 Å². The maximum Gasteiger partial charge on any atom is 0.419 e. The van der Waals surface area contributed by atoms with Gasteiger partial charge in [0.2, 0.25) is 11.8 Å². The Balaban J connectivity index is 1.48. The van der Waals surface area contributed by atoms with Crippen LogP contribution >= 0.6 is 34.8 Å². The smallest absolute Gasteiger partial charge is 0.326 e. The van der Waals surface area contributed by atoms with Crippen molar-refractivity contribution in [2.75, 3.05) is 16.0 Å². The van der Waals surface area contributed by atoms with Crippen molar-refractivity contribution >= 4 is 69.6 Å². The summed E-state index contributed by atoms with van der Waals surface area (Å²) in [6.45, 7) is 1.15. The molecule has 1 aliphatic carbocycles. The highest BCUT2D eigenvalue weighted by Crippen LogP contribution is 2.65. The molecule has 0 radical (unpaired) electrons. The van der Waals surface area contributed by atoms with Gasteiger partial charge in [-0.1, -0.05) is 17.7 Å². The van der Waals surface area contributed by atoms with Gasteiger partial charge in [0, 0.05) is 17.2 Å². The second-order valence-corrected chi connectivity index (χ2v) is 11.8. The molecular weight excluding hydrogens is 685 g/mol. The van der Waals surface area contributed by atoms with E-state index in [2.05, 4.69) is 10.6 Å². The van der Waals surface area contributed by atoms with Gasteiger partial charge in [-0.25, -0.2) is 8.78 Å². The van der Waals surface area contributed by atoms with Gasteiger partial charge in [-0.05, 0) is 60.5 Å². The zero-order valence-corrected chi connectivity index (χ0v) is 24.6. The third kappa shape index (κ3) is 7.61. The second-order valence-electron chi connectivity index (χ2n) is 9.94. The van der Waals surface area contributed by atoms with Gasteiger partial charge in [0.1, 0.15) is 22.4 Å². The molecule has 0 bridgehead atoms. The normalized spacial score (nSPS) is 17.4. The SMILES string of the molecule is Cc1c(C(=O)Nc2cc(NC(=O)[C@H]3[C@H](c4ccc(F)c(C(F)(F)F)c4)C3(Cl)Cl)ccc2Cl)ccc(NC(=O)CC(F)(F)F)c1F. The van der Waals surface area contributed by atoms with Gasteiger partial charge in [-0.2, -0.15) is 26.3 Å². The molecule has 0 unspecified atom stereocenters. The molecule has 0 heterocycles. The van der Waals surface area contributed by atoms with Crippen molar-refractivity contribution in [3.8, 4) is 0 Å². The van der Waals surface area contributed by atoms with E-state index in [4.69, 9.17) is 34.8 Å². The highest BCUT2D eigenvalue weighted by Gasteiger charge is 2.67. The minimum Gasteiger partial charge on any atom is -0.326 e. The van der Waals surface area contributed by atoms with Crippen LogP contribution in [0.2, 0.25) is 5.02 Å². The molecule has 0 saturated heterocycles. The number of nitrogens with one attached hydrogen (secondary N) is 3. The molecule has 1 saturated carbocycles. The number of carbonyl (C=O) groups is 3. The van der Waals surface area contributed by atoms with Crippen LogP contribution in [0.5, 0.6) is 0 Å². The first kappa shape index (κ1) is 34.3. The highest BCUT2D eigenvalue weighted by molar-refractivity contribution is 6.53. The molecule has 3 N–H and O–H groups in total. The molecule has 3 amide bonds. The van der Waals surface area contributed by atoms with E-state index in [9.17, 15) is 49.5 Å². The molecule has 240 valence electrons. The van der Waals surface area contributed by atoms with Crippen LogP contribution in [0.3, 0.4) is 0 Å². The summed E-state index contributed by atoms with van der Waals surface area (Å²) in [4.78, 5) is 37.5. The van der Waals surface area contributed by atoms with Crippen LogP contribution in [0.25, 0.3) is 0 Å². The van der Waals surface area contributed by atoms with Crippen LogP contribution in [0, 0.1) is 24.5 Å². The van der Waals surface area contributed by atoms with Crippen LogP contribution in [0.15, 0.2) is 48.5 Å². The Bertz CT molecular complexity index is 1700. The van der Waals surface area contributed by atoms with E-state index in [-0.39, 0.29) is 33.1 Å². The number of hydrogen-bond donors (Lipinski definition) is 3. The lowest BCUT2D eigenvalue weighted by molar-refractivity contribution is -0.150. The van der Waals surface area contributed by atoms with E-state index in [1.54, 1.807) is 5.32 Å². The minimum absolute atomic E-state index is 0.0326. The molecule has 17 heteroatoms. The van der Waals surface area contributed by atoms with Gasteiger partial charge in [0.05, 0.1) is 27.9 Å². The Labute approximate surface area is 264 Å². The summed E-state index contributed by atoms with van der Waals surface area (Å²) in [7, 11) is 0. The van der Waals surface area contributed by atoms with Crippen LogP contribution in [-0.4, -0.2) is 28.2 Å². The molecule has 4 rings (SSSR count). The summed E-state index contributed by atoms with van der Waals surface area (Å²) in [5, 5.41) is 6.62. The first-order valence-corrected chi connectivity index (χ1v) is 13.7. The first-order chi connectivity index (χ1) is 20.7. The van der Waals surface area contributed by atoms with Crippen molar-refractivity contribution in [3.63, 3.8) is 0 Å². The van der Waals surface area contributed by atoms with Gasteiger partial charge in [-0.3, -0.25) is 14.4 Å². The number of anilines is 3. The predicted octanol–water partition coefficient (Wildman–Crippen LogP) is 8.61. The number of halogens is 11. The first-order valence-electron chi connectivity index (χ1n) is 12.5. The quantitative estimate of drug-likeness (QED) is 0.170. The number of amides is 3. The Morgan fingerprint density at radius 1 is 0.867 bits per heavy atom. The van der Waals surface area contributed by atoms with Crippen LogP contribution in [0.1, 0.15) is 39.4 Å². The molecule has 1 aliphatic rings. The average Bonchev–Trinajstić information content (AvgIpc) is 3.49. The van der Waals surface area contributed by atoms with E-state index in [1.165, 1.54) is 18.2 Å². The number of carbonyl (C=O) groups excluding carboxylic acids is 3. The molecule has 0 aromatic heterocycles. The van der Waals surface area contributed by atoms with E-state index in [1.807, 2.05) is 0 Å². The van der Waals surface area contributed by atoms with Gasteiger partial charge in [-0.15, -0.1) is 23.2 Å². The monoisotopic (exact) mass is 701 g/mol. The van der Waals surface area contributed by atoms with Gasteiger partial charge in [0.25, 0.3) is 5.91 Å². The van der Waals surface area contributed by atoms with E-state index >= 15 is 0 Å². The van der Waals surface area contributed by atoms with Crippen molar-refractivity contribution in [1.82, 2.24) is 0 Å². The van der Waals surface area contributed by atoms with E-state index < -0.39 is 75.5 Å². The molecular formula is C28H18Cl3F8N3O3. The largest absolute Gasteiger partial charge is 0.419 e. The number of rotatable bonds is 7. The molecule has 3 aromatic rings. The third-order valence-electron chi connectivity index (χ3n) is 6.74. The van der Waals surface area contributed by atoms with Gasteiger partial charge < -0.3 is 16.0 Å². The summed E-state index contributed by atoms with van der Waals surface area (Å²) in [5.41, 5.74) is -2.87. The lowest BCUT2D eigenvalue weighted by Gasteiger charge is -2.14.